The third-order valence-electron chi connectivity index (χ3n) is 4.57. The predicted molar refractivity (Wildman–Crippen MR) is 121 cm³/mol. The summed E-state index contributed by atoms with van der Waals surface area (Å²) in [7, 11) is 0. The van der Waals surface area contributed by atoms with Crippen molar-refractivity contribution in [1.82, 2.24) is 0 Å². The van der Waals surface area contributed by atoms with Crippen LogP contribution in [-0.4, -0.2) is 3.26 Å². The van der Waals surface area contributed by atoms with Crippen molar-refractivity contribution in [3.05, 3.63) is 78.9 Å². The maximum atomic E-state index is 2.99. The van der Waals surface area contributed by atoms with Gasteiger partial charge in [-0.15, -0.1) is 71.0 Å². The normalized spacial score (nSPS) is 14.5. The molecule has 3 heteroatoms. The zero-order chi connectivity index (χ0) is 17.3. The molecule has 3 aromatic rings. The Morgan fingerprint density at radius 1 is 0.778 bits per heavy atom. The Bertz CT molecular complexity index is 821. The van der Waals surface area contributed by atoms with E-state index in [1.54, 1.807) is 0 Å². The quantitative estimate of drug-likeness (QED) is 0.196. The second kappa shape index (κ2) is 13.3. The summed E-state index contributed by atoms with van der Waals surface area (Å²) in [5.41, 5.74) is 0. The van der Waals surface area contributed by atoms with E-state index >= 15 is 0 Å². The van der Waals surface area contributed by atoms with Crippen molar-refractivity contribution < 1.29 is 23.9 Å². The molecule has 0 unspecified atom stereocenters. The van der Waals surface area contributed by atoms with Gasteiger partial charge in [-0.2, -0.15) is 6.08 Å². The van der Waals surface area contributed by atoms with E-state index in [2.05, 4.69) is 66.7 Å². The fourth-order valence-electron chi connectivity index (χ4n) is 3.22. The number of fused-ring (bicyclic) bond motifs is 3. The molecule has 0 atom stereocenters. The minimum Gasteiger partial charge on any atom is -0.126 e. The third kappa shape index (κ3) is 7.56. The molecule has 2 aliphatic rings. The summed E-state index contributed by atoms with van der Waals surface area (Å²) in [6, 6.07) is 19.3. The first-order valence-corrected chi connectivity index (χ1v) is 11.0. The Balaban J connectivity index is 0.000000223. The largest absolute Gasteiger partial charge is 0.126 e. The van der Waals surface area contributed by atoms with Crippen LogP contribution in [0.5, 0.6) is 0 Å². The SMILES string of the molecule is Cl.Cl.[C-]1=CC=CC1.[Hf+2]=[C]1CCCCC1.c1ccc2c(c1)[cH-]c1ccccc12. The molecule has 5 rings (SSSR count). The summed E-state index contributed by atoms with van der Waals surface area (Å²) in [5.74, 6) is 0. The number of hydrogen-bond acceptors (Lipinski definition) is 0. The van der Waals surface area contributed by atoms with Gasteiger partial charge in [0.25, 0.3) is 0 Å². The molecule has 0 spiro atoms. The minimum atomic E-state index is 0. The van der Waals surface area contributed by atoms with Crippen molar-refractivity contribution in [1.29, 1.82) is 0 Å². The average Bonchev–Trinajstić information content (AvgIpc) is 3.34. The standard InChI is InChI=1S/C13H9.C6H10.C5H5.2ClH.Hf/c1-3-7-12-10(5-1)9-11-6-2-4-8-13(11)12;1-2-4-6-5-3-1;1-2-4-5-3-1;;;/h1-9H;1-5H2;1-3H,4H2;2*1H;/q-1;;-1;;;+2. The minimum absolute atomic E-state index is 0. The molecule has 140 valence electrons. The summed E-state index contributed by atoms with van der Waals surface area (Å²) < 4.78 is 1.85. The van der Waals surface area contributed by atoms with Crippen molar-refractivity contribution in [2.45, 2.75) is 38.5 Å². The van der Waals surface area contributed by atoms with E-state index in [0.29, 0.717) is 0 Å². The molecule has 0 radical (unpaired) electrons. The molecule has 3 aromatic carbocycles. The fourth-order valence-corrected chi connectivity index (χ4v) is 4.49. The average molecular weight is 564 g/mol. The Morgan fingerprint density at radius 2 is 1.33 bits per heavy atom. The summed E-state index contributed by atoms with van der Waals surface area (Å²) in [6.45, 7) is 0. The van der Waals surface area contributed by atoms with Gasteiger partial charge in [0.05, 0.1) is 0 Å². The third-order valence-corrected chi connectivity index (χ3v) is 6.36. The van der Waals surface area contributed by atoms with E-state index in [1.165, 1.54) is 77.5 Å². The van der Waals surface area contributed by atoms with Gasteiger partial charge in [-0.25, -0.2) is 12.2 Å². The second-order valence-electron chi connectivity index (χ2n) is 6.49. The van der Waals surface area contributed by atoms with Crippen LogP contribution < -0.4 is 0 Å². The van der Waals surface area contributed by atoms with E-state index < -0.39 is 0 Å². The molecule has 0 saturated heterocycles. The van der Waals surface area contributed by atoms with Gasteiger partial charge in [0.15, 0.2) is 0 Å². The molecule has 0 aliphatic heterocycles. The van der Waals surface area contributed by atoms with Crippen LogP contribution in [0, 0.1) is 6.08 Å². The van der Waals surface area contributed by atoms with E-state index in [-0.39, 0.29) is 24.8 Å². The van der Waals surface area contributed by atoms with Gasteiger partial charge in [-0.1, -0.05) is 36.4 Å². The first kappa shape index (κ1) is 24.1. The first-order chi connectivity index (χ1) is 12.3. The Labute approximate surface area is 190 Å². The number of benzene rings is 2. The zero-order valence-corrected chi connectivity index (χ0v) is 20.7. The second-order valence-corrected chi connectivity index (χ2v) is 9.03. The maximum absolute atomic E-state index is 2.99. The molecular weight excluding hydrogens is 538 g/mol. The summed E-state index contributed by atoms with van der Waals surface area (Å²) in [4.78, 5) is 0. The molecule has 1 saturated carbocycles. The van der Waals surface area contributed by atoms with Gasteiger partial charge < -0.3 is 0 Å². The molecule has 0 heterocycles. The van der Waals surface area contributed by atoms with Gasteiger partial charge in [-0.05, 0) is 0 Å². The van der Waals surface area contributed by atoms with Crippen LogP contribution in [0.4, 0.5) is 0 Å². The van der Waals surface area contributed by atoms with Gasteiger partial charge in [0, 0.05) is 0 Å². The van der Waals surface area contributed by atoms with Crippen LogP contribution in [0.1, 0.15) is 38.5 Å². The van der Waals surface area contributed by atoms with Gasteiger partial charge in [-0.3, -0.25) is 6.08 Å². The summed E-state index contributed by atoms with van der Waals surface area (Å²) in [5, 5.41) is 5.39. The monoisotopic (exact) mass is 564 g/mol. The van der Waals surface area contributed by atoms with Crippen LogP contribution in [0.15, 0.2) is 72.8 Å². The van der Waals surface area contributed by atoms with Crippen LogP contribution in [0.3, 0.4) is 0 Å². The molecule has 27 heavy (non-hydrogen) atoms. The molecule has 0 aromatic heterocycles. The zero-order valence-electron chi connectivity index (χ0n) is 15.5. The van der Waals surface area contributed by atoms with Gasteiger partial charge >= 0.3 is 59.3 Å². The number of rotatable bonds is 0. The van der Waals surface area contributed by atoms with Gasteiger partial charge in [0.2, 0.25) is 0 Å². The van der Waals surface area contributed by atoms with Crippen molar-refractivity contribution in [3.8, 4) is 0 Å². The molecule has 0 N–H and O–H groups in total. The van der Waals surface area contributed by atoms with Crippen molar-refractivity contribution >= 4 is 49.6 Å². The summed E-state index contributed by atoms with van der Waals surface area (Å²) >= 11 is 1.37. The Morgan fingerprint density at radius 3 is 1.70 bits per heavy atom. The van der Waals surface area contributed by atoms with Crippen LogP contribution in [0.25, 0.3) is 21.5 Å². The molecule has 2 aliphatic carbocycles. The van der Waals surface area contributed by atoms with Gasteiger partial charge in [0.1, 0.15) is 0 Å². The van der Waals surface area contributed by atoms with Crippen molar-refractivity contribution in [3.63, 3.8) is 0 Å². The number of allylic oxidation sites excluding steroid dienone is 4. The predicted octanol–water partition coefficient (Wildman–Crippen LogP) is 7.53. The van der Waals surface area contributed by atoms with Crippen LogP contribution >= 0.6 is 24.8 Å². The smallest absolute Gasteiger partial charge is 0.0771 e. The van der Waals surface area contributed by atoms with E-state index in [0.717, 1.165) is 6.42 Å². The molecule has 0 bridgehead atoms. The maximum Gasteiger partial charge on any atom is -0.0771 e. The Hall–Kier alpha value is -0.890. The Kier molecular flexibility index (Phi) is 11.9. The van der Waals surface area contributed by atoms with E-state index in [1.807, 2.05) is 15.4 Å². The fraction of sp³-hybridized carbons (Fsp3) is 0.250. The van der Waals surface area contributed by atoms with E-state index in [4.69, 9.17) is 0 Å². The molecule has 0 amide bonds. The summed E-state index contributed by atoms with van der Waals surface area (Å²) in [6.07, 6.45) is 17.4. The molecule has 0 nitrogen and oxygen atoms in total. The number of halogens is 2. The van der Waals surface area contributed by atoms with Crippen molar-refractivity contribution in [2.24, 2.45) is 0 Å². The first-order valence-electron chi connectivity index (χ1n) is 9.16. The molecular formula is C24H26Cl2Hf. The van der Waals surface area contributed by atoms with Crippen molar-refractivity contribution in [2.75, 3.05) is 0 Å². The van der Waals surface area contributed by atoms with E-state index in [9.17, 15) is 0 Å². The molecule has 1 fully saturated rings. The topological polar surface area (TPSA) is 0 Å². The van der Waals surface area contributed by atoms with Crippen LogP contribution in [0.2, 0.25) is 0 Å². The number of hydrogen-bond donors (Lipinski definition) is 0. The van der Waals surface area contributed by atoms with Crippen LogP contribution in [-0.2, 0) is 23.9 Å².